The summed E-state index contributed by atoms with van der Waals surface area (Å²) in [7, 11) is 4.25. The molecule has 0 heterocycles. The van der Waals surface area contributed by atoms with Gasteiger partial charge in [0.1, 0.15) is 0 Å². The van der Waals surface area contributed by atoms with Gasteiger partial charge in [0.15, 0.2) is 0 Å². The zero-order chi connectivity index (χ0) is 15.0. The molecule has 0 aromatic heterocycles. The lowest BCUT2D eigenvalue weighted by atomic mass is 9.65. The smallest absolute Gasteiger partial charge is 0.223 e. The Hall–Kier alpha value is -0.610. The number of hydrogen-bond acceptors (Lipinski definition) is 3. The molecule has 0 aromatic rings. The lowest BCUT2D eigenvalue weighted by Crippen LogP contribution is -2.50. The van der Waals surface area contributed by atoms with E-state index in [9.17, 15) is 4.79 Å². The molecular weight excluding hydrogens is 262 g/mol. The first-order valence-corrected chi connectivity index (χ1v) is 8.76. The van der Waals surface area contributed by atoms with E-state index in [4.69, 9.17) is 5.73 Å². The number of nitrogens with two attached hydrogens (primary N) is 1. The predicted molar refractivity (Wildman–Crippen MR) is 84.7 cm³/mol. The number of hydrogen-bond donors (Lipinski definition) is 2. The van der Waals surface area contributed by atoms with E-state index in [1.807, 2.05) is 0 Å². The summed E-state index contributed by atoms with van der Waals surface area (Å²) in [5.41, 5.74) is 6.32. The average Bonchev–Trinajstić information content (AvgIpc) is 3.22. The van der Waals surface area contributed by atoms with E-state index in [2.05, 4.69) is 24.3 Å². The van der Waals surface area contributed by atoms with Crippen LogP contribution in [0.4, 0.5) is 0 Å². The maximum atomic E-state index is 12.5. The lowest BCUT2D eigenvalue weighted by Gasteiger charge is -2.43. The van der Waals surface area contributed by atoms with Crippen LogP contribution in [0.15, 0.2) is 0 Å². The first kappa shape index (κ1) is 15.3. The summed E-state index contributed by atoms with van der Waals surface area (Å²) in [4.78, 5) is 14.8. The van der Waals surface area contributed by atoms with Gasteiger partial charge in [0.2, 0.25) is 5.91 Å². The van der Waals surface area contributed by atoms with Crippen molar-refractivity contribution in [1.82, 2.24) is 10.2 Å². The third-order valence-electron chi connectivity index (χ3n) is 6.10. The van der Waals surface area contributed by atoms with Crippen molar-refractivity contribution < 1.29 is 4.79 Å². The van der Waals surface area contributed by atoms with E-state index in [0.29, 0.717) is 23.9 Å². The lowest BCUT2D eigenvalue weighted by molar-refractivity contribution is -0.128. The van der Waals surface area contributed by atoms with Crippen molar-refractivity contribution in [3.8, 4) is 0 Å². The summed E-state index contributed by atoms with van der Waals surface area (Å²) in [5.74, 6) is 2.45. The summed E-state index contributed by atoms with van der Waals surface area (Å²) in [5, 5.41) is 3.24. The van der Waals surface area contributed by atoms with Crippen LogP contribution in [0.25, 0.3) is 0 Å². The molecule has 1 amide bonds. The summed E-state index contributed by atoms with van der Waals surface area (Å²) in [6.07, 6.45) is 8.43. The van der Waals surface area contributed by atoms with Crippen molar-refractivity contribution in [2.45, 2.75) is 57.0 Å². The van der Waals surface area contributed by atoms with Gasteiger partial charge in [-0.15, -0.1) is 0 Å². The van der Waals surface area contributed by atoms with E-state index in [1.54, 1.807) is 0 Å². The van der Waals surface area contributed by atoms with Crippen molar-refractivity contribution in [3.63, 3.8) is 0 Å². The molecule has 3 saturated carbocycles. The molecule has 3 N–H and O–H groups in total. The number of rotatable bonds is 5. The highest BCUT2D eigenvalue weighted by Gasteiger charge is 2.41. The zero-order valence-electron chi connectivity index (χ0n) is 13.6. The maximum absolute atomic E-state index is 12.5. The topological polar surface area (TPSA) is 58.4 Å². The van der Waals surface area contributed by atoms with Crippen LogP contribution < -0.4 is 11.1 Å². The third kappa shape index (κ3) is 3.42. The average molecular weight is 293 g/mol. The Bertz CT molecular complexity index is 364. The van der Waals surface area contributed by atoms with Crippen LogP contribution in [0.1, 0.15) is 44.9 Å². The number of carbonyl (C=O) groups excluding carboxylic acids is 1. The van der Waals surface area contributed by atoms with Gasteiger partial charge in [0, 0.05) is 24.5 Å². The standard InChI is InChI=1S/C17H31N3O/c1-20(2)15(11-6-7-11)10-19-17(21)14-8-12-4-3-5-13(9-14)16(12)18/h11-16H,3-10,18H2,1-2H3,(H,19,21). The van der Waals surface area contributed by atoms with Crippen molar-refractivity contribution in [1.29, 1.82) is 0 Å². The van der Waals surface area contributed by atoms with Gasteiger partial charge in [-0.25, -0.2) is 0 Å². The molecule has 3 aliphatic rings. The first-order chi connectivity index (χ1) is 10.1. The molecular formula is C17H31N3O. The molecule has 3 unspecified atom stereocenters. The molecule has 4 nitrogen and oxygen atoms in total. The van der Waals surface area contributed by atoms with Crippen molar-refractivity contribution in [2.24, 2.45) is 29.4 Å². The van der Waals surface area contributed by atoms with Crippen LogP contribution in [0, 0.1) is 23.7 Å². The van der Waals surface area contributed by atoms with Crippen LogP contribution in [0.3, 0.4) is 0 Å². The molecule has 3 fully saturated rings. The fraction of sp³-hybridized carbons (Fsp3) is 0.941. The van der Waals surface area contributed by atoms with Crippen molar-refractivity contribution in [3.05, 3.63) is 0 Å². The number of carbonyl (C=O) groups is 1. The van der Waals surface area contributed by atoms with E-state index < -0.39 is 0 Å². The van der Waals surface area contributed by atoms with E-state index in [1.165, 1.54) is 32.1 Å². The van der Waals surface area contributed by atoms with Crippen molar-refractivity contribution in [2.75, 3.05) is 20.6 Å². The quantitative estimate of drug-likeness (QED) is 0.809. The van der Waals surface area contributed by atoms with Gasteiger partial charge in [0.25, 0.3) is 0 Å². The fourth-order valence-corrected chi connectivity index (χ4v) is 4.60. The molecule has 0 radical (unpaired) electrons. The zero-order valence-corrected chi connectivity index (χ0v) is 13.6. The minimum atomic E-state index is 0.210. The molecule has 0 aliphatic heterocycles. The highest BCUT2D eigenvalue weighted by atomic mass is 16.1. The van der Waals surface area contributed by atoms with E-state index >= 15 is 0 Å². The van der Waals surface area contributed by atoms with Crippen LogP contribution in [0.5, 0.6) is 0 Å². The molecule has 0 aromatic carbocycles. The van der Waals surface area contributed by atoms with Gasteiger partial charge in [-0.1, -0.05) is 6.42 Å². The van der Waals surface area contributed by atoms with Crippen LogP contribution in [-0.2, 0) is 4.79 Å². The number of nitrogens with zero attached hydrogens (tertiary/aromatic N) is 1. The Labute approximate surface area is 128 Å². The van der Waals surface area contributed by atoms with Gasteiger partial charge in [-0.05, 0) is 70.4 Å². The second-order valence-electron chi connectivity index (χ2n) is 7.81. The highest BCUT2D eigenvalue weighted by molar-refractivity contribution is 5.78. The molecule has 4 heteroatoms. The minimum Gasteiger partial charge on any atom is -0.354 e. The number of amides is 1. The molecule has 120 valence electrons. The monoisotopic (exact) mass is 293 g/mol. The fourth-order valence-electron chi connectivity index (χ4n) is 4.60. The predicted octanol–water partition coefficient (Wildman–Crippen LogP) is 1.60. The molecule has 3 rings (SSSR count). The Kier molecular flexibility index (Phi) is 4.55. The summed E-state index contributed by atoms with van der Waals surface area (Å²) in [6.45, 7) is 0.814. The van der Waals surface area contributed by atoms with Crippen molar-refractivity contribution >= 4 is 5.91 Å². The van der Waals surface area contributed by atoms with Crippen LogP contribution in [0.2, 0.25) is 0 Å². The Morgan fingerprint density at radius 2 is 1.81 bits per heavy atom. The van der Waals surface area contributed by atoms with Crippen LogP contribution in [-0.4, -0.2) is 43.5 Å². The number of likely N-dealkylation sites (N-methyl/N-ethyl adjacent to an activating group) is 1. The molecule has 2 bridgehead atoms. The van der Waals surface area contributed by atoms with Gasteiger partial charge >= 0.3 is 0 Å². The molecule has 3 aliphatic carbocycles. The Morgan fingerprint density at radius 3 is 2.33 bits per heavy atom. The Balaban J connectivity index is 1.51. The second kappa shape index (κ2) is 6.25. The van der Waals surface area contributed by atoms with Gasteiger partial charge in [0.05, 0.1) is 0 Å². The third-order valence-corrected chi connectivity index (χ3v) is 6.10. The number of fused-ring (bicyclic) bond motifs is 2. The summed E-state index contributed by atoms with van der Waals surface area (Å²) < 4.78 is 0. The molecule has 21 heavy (non-hydrogen) atoms. The van der Waals surface area contributed by atoms with Gasteiger partial charge in [-0.3, -0.25) is 4.79 Å². The number of nitrogens with one attached hydrogen (secondary N) is 1. The molecule has 0 spiro atoms. The minimum absolute atomic E-state index is 0.210. The molecule has 0 saturated heterocycles. The molecule has 3 atom stereocenters. The summed E-state index contributed by atoms with van der Waals surface area (Å²) >= 11 is 0. The summed E-state index contributed by atoms with van der Waals surface area (Å²) in [6, 6.07) is 0.864. The maximum Gasteiger partial charge on any atom is 0.223 e. The van der Waals surface area contributed by atoms with Crippen LogP contribution >= 0.6 is 0 Å². The Morgan fingerprint density at radius 1 is 1.19 bits per heavy atom. The highest BCUT2D eigenvalue weighted by Crippen LogP contribution is 2.42. The largest absolute Gasteiger partial charge is 0.354 e. The first-order valence-electron chi connectivity index (χ1n) is 8.76. The normalized spacial score (nSPS) is 37.3. The van der Waals surface area contributed by atoms with Gasteiger partial charge < -0.3 is 16.0 Å². The second-order valence-corrected chi connectivity index (χ2v) is 7.81. The van der Waals surface area contributed by atoms with E-state index in [0.717, 1.165) is 25.3 Å². The SMILES string of the molecule is CN(C)C(CNC(=O)C1CC2CCCC(C1)C2N)C1CC1. The van der Waals surface area contributed by atoms with Gasteiger partial charge in [-0.2, -0.15) is 0 Å². The van der Waals surface area contributed by atoms with E-state index in [-0.39, 0.29) is 11.8 Å².